The molecule has 0 bridgehead atoms. The second-order valence-corrected chi connectivity index (χ2v) is 35.8. The lowest BCUT2D eigenvalue weighted by atomic mass is 9.84. The summed E-state index contributed by atoms with van der Waals surface area (Å²) in [5, 5.41) is 6.71. The molecular weight excluding hydrogens is 1680 g/mol. The molecule has 3 aromatic heterocycles. The highest BCUT2D eigenvalue weighted by atomic mass is 19.1. The van der Waals surface area contributed by atoms with Crippen molar-refractivity contribution in [2.24, 2.45) is 0 Å². The Kier molecular flexibility index (Phi) is 15.5. The fourth-order valence-electron chi connectivity index (χ4n) is 19.6. The third-order valence-corrected chi connectivity index (χ3v) is 26.2. The molecule has 138 heavy (non-hydrogen) atoms. The van der Waals surface area contributed by atoms with Gasteiger partial charge < -0.3 is 13.3 Å². The molecule has 3 nitrogen and oxygen atoms in total. The highest BCUT2D eigenvalue weighted by Crippen LogP contribution is 2.51. The van der Waals surface area contributed by atoms with Crippen molar-refractivity contribution in [2.75, 3.05) is 0 Å². The molecule has 26 rings (SSSR count). The molecule has 0 aliphatic carbocycles. The van der Waals surface area contributed by atoms with Gasteiger partial charge in [-0.3, -0.25) is 0 Å². The maximum Gasteiger partial charge on any atom is 0.136 e. The minimum absolute atomic E-state index is 0.0653. The first-order chi connectivity index (χ1) is 77.7. The fraction of sp³-hybridized carbons (Fsp3) is 0.0526. The van der Waals surface area contributed by atoms with E-state index in [1.807, 2.05) is 109 Å². The molecule has 0 aliphatic heterocycles. The third kappa shape index (κ3) is 15.1. The molecule has 0 saturated heterocycles. The highest BCUT2D eigenvalue weighted by Gasteiger charge is 2.26. The van der Waals surface area contributed by atoms with Crippen LogP contribution in [0.3, 0.4) is 0 Å². The Bertz CT molecular complexity index is 10600. The zero-order chi connectivity index (χ0) is 114. The zero-order valence-corrected chi connectivity index (χ0v) is 75.1. The minimum Gasteiger partial charge on any atom is -0.456 e. The van der Waals surface area contributed by atoms with E-state index in [2.05, 4.69) is 107 Å². The molecule has 0 N–H and O–H groups in total. The Morgan fingerprint density at radius 2 is 0.514 bits per heavy atom. The van der Waals surface area contributed by atoms with E-state index in [1.165, 1.54) is 23.3 Å². The van der Waals surface area contributed by atoms with Crippen LogP contribution in [-0.4, -0.2) is 0 Å². The molecule has 0 unspecified atom stereocenters. The molecular formula is C133H92F2O3. The molecule has 0 fully saturated rings. The molecule has 0 spiro atoms. The topological polar surface area (TPSA) is 39.4 Å². The number of hydrogen-bond acceptors (Lipinski definition) is 3. The quantitative estimate of drug-likeness (QED) is 0.114. The summed E-state index contributed by atoms with van der Waals surface area (Å²) in [6.07, 6.45) is 0. The van der Waals surface area contributed by atoms with Gasteiger partial charge in [0.05, 0.1) is 32.9 Å². The zero-order valence-electron chi connectivity index (χ0n) is 99.1. The largest absolute Gasteiger partial charge is 0.456 e. The lowest BCUT2D eigenvalue weighted by Gasteiger charge is -2.20. The molecule has 26 aromatic rings. The summed E-state index contributed by atoms with van der Waals surface area (Å²) < 4.78 is 261. The van der Waals surface area contributed by atoms with Crippen molar-refractivity contribution in [1.29, 1.82) is 0 Å². The summed E-state index contributed by atoms with van der Waals surface area (Å²) in [7, 11) is 0. The van der Waals surface area contributed by atoms with E-state index >= 15 is 0 Å². The van der Waals surface area contributed by atoms with E-state index in [0.29, 0.717) is 117 Å². The van der Waals surface area contributed by atoms with Gasteiger partial charge in [0.1, 0.15) is 45.1 Å². The first-order valence-electron chi connectivity index (χ1n) is 57.5. The first-order valence-corrected chi connectivity index (χ1v) is 45.5. The van der Waals surface area contributed by atoms with Crippen LogP contribution < -0.4 is 0 Å². The molecule has 23 aromatic carbocycles. The smallest absolute Gasteiger partial charge is 0.136 e. The molecule has 5 heteroatoms. The van der Waals surface area contributed by atoms with Gasteiger partial charge in [-0.2, -0.15) is 0 Å². The maximum absolute atomic E-state index is 13.9. The average molecular weight is 1800 g/mol. The lowest BCUT2D eigenvalue weighted by molar-refractivity contribution is 0.584. The van der Waals surface area contributed by atoms with Crippen LogP contribution in [0.1, 0.15) is 84.6 Å². The van der Waals surface area contributed by atoms with E-state index < -0.39 is 84.1 Å². The fourth-order valence-corrected chi connectivity index (χ4v) is 19.6. The predicted molar refractivity (Wildman–Crippen MR) is 579 cm³/mol. The summed E-state index contributed by atoms with van der Waals surface area (Å²) in [4.78, 5) is 0. The summed E-state index contributed by atoms with van der Waals surface area (Å²) in [5.74, 6) is -0.888. The second-order valence-electron chi connectivity index (χ2n) is 35.8. The van der Waals surface area contributed by atoms with E-state index in [0.717, 1.165) is 77.5 Å². The summed E-state index contributed by atoms with van der Waals surface area (Å²) in [6.45, 7) is 10.9. The van der Waals surface area contributed by atoms with Crippen molar-refractivity contribution in [3.8, 4) is 122 Å². The summed E-state index contributed by atoms with van der Waals surface area (Å²) in [6, 6.07) is 88.1. The molecule has 656 valence electrons. The number of rotatable bonds is 12. The Morgan fingerprint density at radius 3 is 0.935 bits per heavy atom. The number of fused-ring (bicyclic) bond motifs is 15. The molecule has 3 heterocycles. The van der Waals surface area contributed by atoms with Crippen LogP contribution in [0, 0.1) is 11.6 Å². The predicted octanol–water partition coefficient (Wildman–Crippen LogP) is 38.7. The summed E-state index contributed by atoms with van der Waals surface area (Å²) in [5.41, 5.74) is 20.1. The first kappa shape index (κ1) is 61.6. The highest BCUT2D eigenvalue weighted by molar-refractivity contribution is 6.26. The SMILES string of the molecule is [2H]c1c([2H])c([2H])c2c(-c3ccc4oc5cc(-c6ccccc6-c6ccc(C(C)C)cc6)ccc5c4c3)c3c([2H])c([2H])c([2H])c([2H])c3c(-c3ccccc3)c2c1[2H].[2H]c1c([2H])c([2H])c2c(-c3ccc4oc5ccc(-c6ccc(-c7cc(F)cc(F)c7)cc6)cc5c4c3)c3c([2H])c([2H])c([2H])c([2H])c3c(-c3ccccc3)c2c1[2H].[2H]c1c([2H])c([2H])c2c(-c3ccc4oc5cccc(-c6cccc(C(C)(C)C)c6)c5c4c3)c3c([2H])c([2H])c([2H])c([2H])c3c(-c3ccccc3)c2c1[2H]. The maximum atomic E-state index is 13.9. The van der Waals surface area contributed by atoms with Crippen LogP contribution in [0.25, 0.3) is 253 Å². The van der Waals surface area contributed by atoms with Crippen molar-refractivity contribution in [3.05, 3.63) is 483 Å². The van der Waals surface area contributed by atoms with Gasteiger partial charge in [-0.1, -0.05) is 410 Å². The summed E-state index contributed by atoms with van der Waals surface area (Å²) >= 11 is 0. The third-order valence-electron chi connectivity index (χ3n) is 26.2. The van der Waals surface area contributed by atoms with E-state index in [1.54, 1.807) is 115 Å². The standard InChI is InChI=1S/C47H34O.C44H26F2O.C42H32O/c1-30(2)31-20-22-32(23-21-31)36-14-6-7-15-37(36)34-24-26-38-43-28-35(25-27-44(43)48-45(38)29-34)47-41-18-10-8-16-39(41)46(33-12-4-3-5-13-33)40-17-9-11-19-42(40)47;45-33-22-32(23-34(46)26-33)28-16-14-27(15-17-28)30-18-20-41-39(24-30)40-25-31(19-21-42(40)47-41)44-37-12-6-4-10-35(37)43(29-8-2-1-3-9-29)36-11-5-7-13-38(36)44;1-42(2,3)30-16-11-15-28(25-30)31-21-12-22-38-41(31)36-26-29(23-24-37(36)43-38)40-34-19-9-7-17-32(34)39(27-13-5-4-6-14-27)33-18-8-10-20-35(33)40/h3-30H,1-2H3;1-26H;4-26H,1-3H3/i8D,9D,10D,11D,16D,17D,18D,19D;4D,5D,6D,7D,10D,11D,12D,13D;7D,8D,9D,10D,17D,18D,19D,20D. The van der Waals surface area contributed by atoms with E-state index in [9.17, 15) is 22.5 Å². The number of halogens is 2. The van der Waals surface area contributed by atoms with Gasteiger partial charge in [-0.15, -0.1) is 0 Å². The molecule has 0 aliphatic rings. The van der Waals surface area contributed by atoms with E-state index in [-0.39, 0.29) is 148 Å². The van der Waals surface area contributed by atoms with Crippen molar-refractivity contribution >= 4 is 130 Å². The van der Waals surface area contributed by atoms with Crippen LogP contribution in [0.5, 0.6) is 0 Å². The Hall–Kier alpha value is -17.1. The number of furan rings is 3. The van der Waals surface area contributed by atoms with Crippen LogP contribution in [0.15, 0.2) is 474 Å². The van der Waals surface area contributed by atoms with Gasteiger partial charge in [-0.25, -0.2) is 8.78 Å². The van der Waals surface area contributed by atoms with Gasteiger partial charge in [0.2, 0.25) is 0 Å². The van der Waals surface area contributed by atoms with Crippen molar-refractivity contribution in [3.63, 3.8) is 0 Å². The van der Waals surface area contributed by atoms with Crippen molar-refractivity contribution in [2.45, 2.75) is 46.0 Å². The number of hydrogen-bond donors (Lipinski definition) is 0. The average Bonchev–Trinajstić information content (AvgIpc) is 0.912. The van der Waals surface area contributed by atoms with Gasteiger partial charge in [0.25, 0.3) is 0 Å². The normalized spacial score (nSPS) is 14.2. The molecule has 0 saturated carbocycles. The van der Waals surface area contributed by atoms with Gasteiger partial charge in [0.15, 0.2) is 0 Å². The lowest BCUT2D eigenvalue weighted by Crippen LogP contribution is -2.10. The Labute approximate surface area is 832 Å². The van der Waals surface area contributed by atoms with Crippen LogP contribution in [0.2, 0.25) is 0 Å². The van der Waals surface area contributed by atoms with Gasteiger partial charge in [-0.05, 0) is 288 Å². The monoisotopic (exact) mass is 1800 g/mol. The van der Waals surface area contributed by atoms with Crippen LogP contribution >= 0.6 is 0 Å². The van der Waals surface area contributed by atoms with Crippen molar-refractivity contribution < 1.29 is 54.9 Å². The minimum atomic E-state index is -0.662. The van der Waals surface area contributed by atoms with Gasteiger partial charge in [0, 0.05) is 38.4 Å². The van der Waals surface area contributed by atoms with Crippen LogP contribution in [-0.2, 0) is 5.41 Å². The Morgan fingerprint density at radius 1 is 0.210 bits per heavy atom. The van der Waals surface area contributed by atoms with Gasteiger partial charge >= 0.3 is 0 Å². The second kappa shape index (κ2) is 34.7. The van der Waals surface area contributed by atoms with Crippen LogP contribution in [0.4, 0.5) is 8.78 Å². The Balaban J connectivity index is 0.000000127. The number of benzene rings is 23. The molecule has 0 atom stereocenters. The molecule has 0 amide bonds. The molecule has 0 radical (unpaired) electrons. The van der Waals surface area contributed by atoms with E-state index in [4.69, 9.17) is 32.4 Å². The van der Waals surface area contributed by atoms with Crippen molar-refractivity contribution in [1.82, 2.24) is 0 Å².